The molecule has 2 aliphatic rings. The Morgan fingerprint density at radius 1 is 1.00 bits per heavy atom. The molecule has 33 heavy (non-hydrogen) atoms. The lowest BCUT2D eigenvalue weighted by molar-refractivity contribution is -0.136. The van der Waals surface area contributed by atoms with E-state index >= 15 is 0 Å². The quantitative estimate of drug-likeness (QED) is 0.594. The molecule has 0 radical (unpaired) electrons. The first-order chi connectivity index (χ1) is 16.2. The van der Waals surface area contributed by atoms with Crippen LogP contribution in [0.4, 0.5) is 11.5 Å². The molecule has 2 fully saturated rings. The second-order valence-corrected chi connectivity index (χ2v) is 8.55. The Morgan fingerprint density at radius 2 is 1.88 bits per heavy atom. The lowest BCUT2D eigenvalue weighted by Gasteiger charge is -2.40. The Bertz CT molecular complexity index is 1060. The third kappa shape index (κ3) is 4.65. The normalized spacial score (nSPS) is 18.9. The van der Waals surface area contributed by atoms with Crippen LogP contribution in [0.25, 0.3) is 11.5 Å². The zero-order valence-corrected chi connectivity index (χ0v) is 18.9. The van der Waals surface area contributed by atoms with Crippen LogP contribution in [0.2, 0.25) is 0 Å². The van der Waals surface area contributed by atoms with E-state index in [1.165, 1.54) is 0 Å². The van der Waals surface area contributed by atoms with Crippen molar-refractivity contribution in [1.82, 2.24) is 15.1 Å². The number of carbonyl (C=O) groups is 1. The lowest BCUT2D eigenvalue weighted by atomic mass is 9.96. The summed E-state index contributed by atoms with van der Waals surface area (Å²) in [4.78, 5) is 19.8. The Hall–Kier alpha value is -3.55. The van der Waals surface area contributed by atoms with E-state index in [0.717, 1.165) is 62.8 Å². The number of hydrogen-bond acceptors (Lipinski definition) is 7. The van der Waals surface area contributed by atoms with E-state index in [2.05, 4.69) is 32.1 Å². The molecule has 0 bridgehead atoms. The highest BCUT2D eigenvalue weighted by Crippen LogP contribution is 2.26. The molecule has 1 aromatic carbocycles. The number of piperazine rings is 1. The minimum absolute atomic E-state index is 0.00586. The number of furan rings is 1. The Balaban J connectivity index is 1.18. The third-order valence-electron chi connectivity index (χ3n) is 6.53. The summed E-state index contributed by atoms with van der Waals surface area (Å²) in [5.74, 6) is 2.62. The highest BCUT2D eigenvalue weighted by atomic mass is 16.5. The number of anilines is 2. The molecule has 8 heteroatoms. The molecule has 3 aromatic rings. The van der Waals surface area contributed by atoms with Crippen molar-refractivity contribution in [2.75, 3.05) is 56.2 Å². The minimum Gasteiger partial charge on any atom is -0.497 e. The molecular formula is C25H29N5O3. The SMILES string of the molecule is COc1cccc(N2CCN(C(=O)C3CCCN(c4ccc(-c5ccco5)nn4)C3)CC2)c1. The molecule has 8 nitrogen and oxygen atoms in total. The van der Waals surface area contributed by atoms with Gasteiger partial charge in [-0.15, -0.1) is 10.2 Å². The van der Waals surface area contributed by atoms with Crippen LogP contribution in [0.1, 0.15) is 12.8 Å². The smallest absolute Gasteiger partial charge is 0.227 e. The van der Waals surface area contributed by atoms with E-state index in [9.17, 15) is 4.79 Å². The van der Waals surface area contributed by atoms with Gasteiger partial charge in [0.25, 0.3) is 0 Å². The van der Waals surface area contributed by atoms with Gasteiger partial charge in [0.15, 0.2) is 11.6 Å². The van der Waals surface area contributed by atoms with Crippen LogP contribution in [0.5, 0.6) is 5.75 Å². The van der Waals surface area contributed by atoms with Crippen molar-refractivity contribution in [3.8, 4) is 17.2 Å². The van der Waals surface area contributed by atoms with Crippen LogP contribution < -0.4 is 14.5 Å². The van der Waals surface area contributed by atoms with Gasteiger partial charge in [-0.2, -0.15) is 0 Å². The van der Waals surface area contributed by atoms with Crippen LogP contribution in [0.3, 0.4) is 0 Å². The van der Waals surface area contributed by atoms with Crippen molar-refractivity contribution in [3.63, 3.8) is 0 Å². The number of piperidine rings is 1. The van der Waals surface area contributed by atoms with E-state index in [1.54, 1.807) is 13.4 Å². The van der Waals surface area contributed by atoms with Crippen LogP contribution >= 0.6 is 0 Å². The zero-order valence-electron chi connectivity index (χ0n) is 18.9. The molecule has 1 amide bonds. The summed E-state index contributed by atoms with van der Waals surface area (Å²) in [6.45, 7) is 4.71. The summed E-state index contributed by atoms with van der Waals surface area (Å²) in [5, 5.41) is 8.71. The summed E-state index contributed by atoms with van der Waals surface area (Å²) in [6, 6.07) is 15.7. The fraction of sp³-hybridized carbons (Fsp3) is 0.400. The number of methoxy groups -OCH3 is 1. The molecule has 5 rings (SSSR count). The molecule has 1 unspecified atom stereocenters. The molecule has 4 heterocycles. The summed E-state index contributed by atoms with van der Waals surface area (Å²) in [5.41, 5.74) is 1.85. The van der Waals surface area contributed by atoms with E-state index < -0.39 is 0 Å². The molecule has 1 atom stereocenters. The maximum atomic E-state index is 13.3. The Labute approximate surface area is 193 Å². The number of carbonyl (C=O) groups excluding carboxylic acids is 1. The topological polar surface area (TPSA) is 74.9 Å². The van der Waals surface area contributed by atoms with Crippen LogP contribution in [-0.4, -0.2) is 67.4 Å². The van der Waals surface area contributed by atoms with Gasteiger partial charge in [-0.3, -0.25) is 4.79 Å². The van der Waals surface area contributed by atoms with Crippen molar-refractivity contribution >= 4 is 17.4 Å². The Morgan fingerprint density at radius 3 is 2.61 bits per heavy atom. The summed E-state index contributed by atoms with van der Waals surface area (Å²) < 4.78 is 10.7. The summed E-state index contributed by atoms with van der Waals surface area (Å²) >= 11 is 0. The predicted octanol–water partition coefficient (Wildman–Crippen LogP) is 3.31. The van der Waals surface area contributed by atoms with E-state index in [-0.39, 0.29) is 11.8 Å². The van der Waals surface area contributed by atoms with E-state index in [1.807, 2.05) is 41.3 Å². The maximum absolute atomic E-state index is 13.3. The number of amides is 1. The fourth-order valence-electron chi connectivity index (χ4n) is 4.69. The fourth-order valence-corrected chi connectivity index (χ4v) is 4.69. The number of hydrogen-bond donors (Lipinski definition) is 0. The van der Waals surface area contributed by atoms with Gasteiger partial charge < -0.3 is 23.9 Å². The van der Waals surface area contributed by atoms with Gasteiger partial charge in [-0.25, -0.2) is 0 Å². The summed E-state index contributed by atoms with van der Waals surface area (Å²) in [6.07, 6.45) is 3.52. The van der Waals surface area contributed by atoms with Crippen molar-refractivity contribution in [2.24, 2.45) is 5.92 Å². The molecule has 0 aliphatic carbocycles. The van der Waals surface area contributed by atoms with Gasteiger partial charge in [-0.1, -0.05) is 6.07 Å². The second kappa shape index (κ2) is 9.52. The van der Waals surface area contributed by atoms with Gasteiger partial charge in [0.05, 0.1) is 19.3 Å². The van der Waals surface area contributed by atoms with Gasteiger partial charge in [0.1, 0.15) is 11.4 Å². The van der Waals surface area contributed by atoms with Crippen LogP contribution in [-0.2, 0) is 4.79 Å². The van der Waals surface area contributed by atoms with Crippen molar-refractivity contribution in [2.45, 2.75) is 12.8 Å². The first-order valence-corrected chi connectivity index (χ1v) is 11.5. The molecule has 2 saturated heterocycles. The average Bonchev–Trinajstić information content (AvgIpc) is 3.44. The number of rotatable bonds is 5. The predicted molar refractivity (Wildman–Crippen MR) is 126 cm³/mol. The first-order valence-electron chi connectivity index (χ1n) is 11.5. The maximum Gasteiger partial charge on any atom is 0.227 e. The van der Waals surface area contributed by atoms with Gasteiger partial charge in [0.2, 0.25) is 5.91 Å². The highest BCUT2D eigenvalue weighted by Gasteiger charge is 2.31. The highest BCUT2D eigenvalue weighted by molar-refractivity contribution is 5.80. The number of ether oxygens (including phenoxy) is 1. The standard InChI is InChI=1S/C25H29N5O3/c1-32-21-7-2-6-20(17-21)28-12-14-29(15-13-28)25(31)19-5-3-11-30(18-19)24-10-9-22(26-27-24)23-8-4-16-33-23/h2,4,6-10,16-17,19H,3,5,11-15,18H2,1H3. The molecule has 0 saturated carbocycles. The molecular weight excluding hydrogens is 418 g/mol. The monoisotopic (exact) mass is 447 g/mol. The van der Waals surface area contributed by atoms with Crippen molar-refractivity contribution in [3.05, 3.63) is 54.8 Å². The molecule has 172 valence electrons. The molecule has 0 spiro atoms. The van der Waals surface area contributed by atoms with Crippen LogP contribution in [0.15, 0.2) is 59.2 Å². The molecule has 2 aliphatic heterocycles. The van der Waals surface area contributed by atoms with Gasteiger partial charge >= 0.3 is 0 Å². The second-order valence-electron chi connectivity index (χ2n) is 8.55. The van der Waals surface area contributed by atoms with Gasteiger partial charge in [-0.05, 0) is 49.2 Å². The number of benzene rings is 1. The third-order valence-corrected chi connectivity index (χ3v) is 6.53. The summed E-state index contributed by atoms with van der Waals surface area (Å²) in [7, 11) is 1.68. The Kier molecular flexibility index (Phi) is 6.15. The average molecular weight is 448 g/mol. The lowest BCUT2D eigenvalue weighted by Crippen LogP contribution is -2.52. The van der Waals surface area contributed by atoms with Gasteiger partial charge in [0, 0.05) is 51.0 Å². The number of nitrogens with zero attached hydrogens (tertiary/aromatic N) is 5. The van der Waals surface area contributed by atoms with Crippen molar-refractivity contribution < 1.29 is 13.9 Å². The molecule has 2 aromatic heterocycles. The molecule has 0 N–H and O–H groups in total. The first kappa shape index (κ1) is 21.3. The zero-order chi connectivity index (χ0) is 22.6. The van der Waals surface area contributed by atoms with Crippen molar-refractivity contribution in [1.29, 1.82) is 0 Å². The van der Waals surface area contributed by atoms with E-state index in [0.29, 0.717) is 18.0 Å². The van der Waals surface area contributed by atoms with E-state index in [4.69, 9.17) is 9.15 Å². The minimum atomic E-state index is -0.00586. The largest absolute Gasteiger partial charge is 0.497 e. The number of aromatic nitrogens is 2. The van der Waals surface area contributed by atoms with Crippen LogP contribution in [0, 0.1) is 5.92 Å².